The Morgan fingerprint density at radius 2 is 1.33 bits per heavy atom. The van der Waals surface area contributed by atoms with E-state index in [1.165, 1.54) is 57.8 Å². The lowest BCUT2D eigenvalue weighted by molar-refractivity contribution is 0.459. The summed E-state index contributed by atoms with van der Waals surface area (Å²) in [5.41, 5.74) is 7.53. The molecule has 0 aliphatic carbocycles. The van der Waals surface area contributed by atoms with Gasteiger partial charge in [-0.2, -0.15) is 0 Å². The maximum Gasteiger partial charge on any atom is 0.123 e. The van der Waals surface area contributed by atoms with Gasteiger partial charge in [0.05, 0.1) is 0 Å². The number of hydrogen-bond acceptors (Lipinski definition) is 2. The molecule has 3 N–H and O–H groups in total. The highest BCUT2D eigenvalue weighted by atomic mass is 16.3. The van der Waals surface area contributed by atoms with Crippen molar-refractivity contribution in [1.29, 1.82) is 0 Å². The third kappa shape index (κ3) is 7.52. The first kappa shape index (κ1) is 18.0. The molecule has 0 bridgehead atoms. The van der Waals surface area contributed by atoms with Crippen molar-refractivity contribution in [2.24, 2.45) is 5.73 Å². The van der Waals surface area contributed by atoms with E-state index < -0.39 is 0 Å². The van der Waals surface area contributed by atoms with Crippen molar-refractivity contribution in [3.63, 3.8) is 0 Å². The van der Waals surface area contributed by atoms with E-state index in [4.69, 9.17) is 5.73 Å². The summed E-state index contributed by atoms with van der Waals surface area (Å²) < 4.78 is 0. The molecule has 1 rings (SSSR count). The van der Waals surface area contributed by atoms with Gasteiger partial charge in [-0.05, 0) is 18.4 Å². The minimum absolute atomic E-state index is 0.413. The van der Waals surface area contributed by atoms with Crippen molar-refractivity contribution in [2.75, 3.05) is 0 Å². The number of phenolic OH excluding ortho intramolecular Hbond substituents is 1. The molecule has 21 heavy (non-hydrogen) atoms. The molecule has 0 radical (unpaired) electrons. The fourth-order valence-corrected chi connectivity index (χ4v) is 2.81. The third-order valence-electron chi connectivity index (χ3n) is 4.22. The molecule has 2 heteroatoms. The van der Waals surface area contributed by atoms with Crippen molar-refractivity contribution >= 4 is 0 Å². The summed E-state index contributed by atoms with van der Waals surface area (Å²) in [6.45, 7) is 2.68. The van der Waals surface area contributed by atoms with Crippen LogP contribution in [0.4, 0.5) is 0 Å². The summed E-state index contributed by atoms with van der Waals surface area (Å²) in [4.78, 5) is 0. The van der Waals surface area contributed by atoms with Gasteiger partial charge in [-0.1, -0.05) is 82.9 Å². The summed E-state index contributed by atoms with van der Waals surface area (Å²) >= 11 is 0. The average molecular weight is 291 g/mol. The predicted molar refractivity (Wildman–Crippen MR) is 91.5 cm³/mol. The number of rotatable bonds is 12. The van der Waals surface area contributed by atoms with Gasteiger partial charge in [0.15, 0.2) is 0 Å². The minimum Gasteiger partial charge on any atom is -0.507 e. The minimum atomic E-state index is 0.413. The largest absolute Gasteiger partial charge is 0.507 e. The molecule has 120 valence electrons. The smallest absolute Gasteiger partial charge is 0.123 e. The second-order valence-electron chi connectivity index (χ2n) is 6.06. The lowest BCUT2D eigenvalue weighted by atomic mass is 10.0. The van der Waals surface area contributed by atoms with Crippen LogP contribution in [0.5, 0.6) is 5.75 Å². The van der Waals surface area contributed by atoms with Crippen LogP contribution in [-0.4, -0.2) is 5.11 Å². The van der Waals surface area contributed by atoms with Crippen LogP contribution >= 0.6 is 0 Å². The lowest BCUT2D eigenvalue weighted by Gasteiger charge is -2.08. The predicted octanol–water partition coefficient (Wildman–Crippen LogP) is 5.31. The summed E-state index contributed by atoms with van der Waals surface area (Å²) in [5, 5.41) is 10.1. The van der Waals surface area contributed by atoms with Crippen LogP contribution < -0.4 is 5.73 Å². The second-order valence-corrected chi connectivity index (χ2v) is 6.06. The number of para-hydroxylation sites is 1. The Hall–Kier alpha value is -1.02. The van der Waals surface area contributed by atoms with E-state index >= 15 is 0 Å². The molecule has 2 nitrogen and oxygen atoms in total. The molecular formula is C19H33NO. The highest BCUT2D eigenvalue weighted by Crippen LogP contribution is 2.24. The Morgan fingerprint density at radius 3 is 1.90 bits per heavy atom. The van der Waals surface area contributed by atoms with E-state index in [-0.39, 0.29) is 0 Å². The first-order valence-electron chi connectivity index (χ1n) is 8.79. The zero-order valence-electron chi connectivity index (χ0n) is 13.7. The van der Waals surface area contributed by atoms with Crippen molar-refractivity contribution in [1.82, 2.24) is 0 Å². The molecular weight excluding hydrogens is 258 g/mol. The molecule has 1 aromatic rings. The quantitative estimate of drug-likeness (QED) is 0.512. The molecule has 0 spiro atoms. The van der Waals surface area contributed by atoms with E-state index in [1.807, 2.05) is 18.2 Å². The Morgan fingerprint density at radius 1 is 0.810 bits per heavy atom. The molecule has 0 amide bonds. The van der Waals surface area contributed by atoms with Gasteiger partial charge in [-0.25, -0.2) is 0 Å². The van der Waals surface area contributed by atoms with Crippen molar-refractivity contribution in [3.8, 4) is 5.75 Å². The zero-order chi connectivity index (χ0) is 15.3. The molecule has 1 aromatic carbocycles. The summed E-state index contributed by atoms with van der Waals surface area (Å²) in [7, 11) is 0. The Kier molecular flexibility index (Phi) is 9.98. The molecule has 0 unspecified atom stereocenters. The lowest BCUT2D eigenvalue weighted by Crippen LogP contribution is -1.98. The van der Waals surface area contributed by atoms with Crippen LogP contribution in [0.25, 0.3) is 0 Å². The van der Waals surface area contributed by atoms with Gasteiger partial charge in [0.1, 0.15) is 5.75 Å². The fraction of sp³-hybridized carbons (Fsp3) is 0.684. The average Bonchev–Trinajstić information content (AvgIpc) is 2.50. The molecule has 0 aliphatic heterocycles. The number of hydrogen-bond donors (Lipinski definition) is 2. The number of unbranched alkanes of at least 4 members (excludes halogenated alkanes) is 9. The number of nitrogens with two attached hydrogens (primary N) is 1. The zero-order valence-corrected chi connectivity index (χ0v) is 13.7. The molecule has 0 fully saturated rings. The summed E-state index contributed by atoms with van der Waals surface area (Å²) in [6.07, 6.45) is 14.4. The topological polar surface area (TPSA) is 46.2 Å². The normalized spacial score (nSPS) is 11.0. The van der Waals surface area contributed by atoms with Gasteiger partial charge in [-0.15, -0.1) is 0 Å². The van der Waals surface area contributed by atoms with E-state index in [1.54, 1.807) is 0 Å². The van der Waals surface area contributed by atoms with Gasteiger partial charge in [0.25, 0.3) is 0 Å². The van der Waals surface area contributed by atoms with Crippen LogP contribution in [0.1, 0.15) is 82.3 Å². The highest BCUT2D eigenvalue weighted by molar-refractivity contribution is 5.40. The van der Waals surface area contributed by atoms with Crippen LogP contribution in [-0.2, 0) is 13.0 Å². The van der Waals surface area contributed by atoms with Crippen molar-refractivity contribution < 1.29 is 5.11 Å². The Labute approximate surface area is 130 Å². The molecule has 0 atom stereocenters. The van der Waals surface area contributed by atoms with Crippen molar-refractivity contribution in [3.05, 3.63) is 29.3 Å². The maximum absolute atomic E-state index is 10.1. The number of aromatic hydroxyl groups is 1. The summed E-state index contributed by atoms with van der Waals surface area (Å²) in [6, 6.07) is 5.91. The second kappa shape index (κ2) is 11.6. The number of aryl methyl sites for hydroxylation is 1. The fourth-order valence-electron chi connectivity index (χ4n) is 2.81. The monoisotopic (exact) mass is 291 g/mol. The van der Waals surface area contributed by atoms with Gasteiger partial charge < -0.3 is 10.8 Å². The number of benzene rings is 1. The van der Waals surface area contributed by atoms with Crippen molar-refractivity contribution in [2.45, 2.75) is 84.1 Å². The molecule has 0 aliphatic rings. The Balaban J connectivity index is 2.04. The molecule has 0 aromatic heterocycles. The highest BCUT2D eigenvalue weighted by Gasteiger charge is 2.05. The SMILES string of the molecule is CCCCCCCCCCCCc1cccc(CN)c1O. The van der Waals surface area contributed by atoms with Gasteiger partial charge >= 0.3 is 0 Å². The van der Waals surface area contributed by atoms with Gasteiger partial charge in [0, 0.05) is 12.1 Å². The van der Waals surface area contributed by atoms with E-state index in [9.17, 15) is 5.11 Å². The first-order valence-corrected chi connectivity index (χ1v) is 8.79. The third-order valence-corrected chi connectivity index (χ3v) is 4.22. The first-order chi connectivity index (χ1) is 10.3. The molecule has 0 saturated heterocycles. The molecule has 0 saturated carbocycles. The Bertz CT molecular complexity index is 376. The van der Waals surface area contributed by atoms with E-state index in [0.29, 0.717) is 12.3 Å². The van der Waals surface area contributed by atoms with E-state index in [0.717, 1.165) is 24.0 Å². The number of phenols is 1. The van der Waals surface area contributed by atoms with Crippen LogP contribution in [0, 0.1) is 0 Å². The standard InChI is InChI=1S/C19H33NO/c1-2-3-4-5-6-7-8-9-10-11-13-17-14-12-15-18(16-20)19(17)21/h12,14-15,21H,2-11,13,16,20H2,1H3. The van der Waals surface area contributed by atoms with Gasteiger partial charge in [0.2, 0.25) is 0 Å². The maximum atomic E-state index is 10.1. The van der Waals surface area contributed by atoms with Gasteiger partial charge in [-0.3, -0.25) is 0 Å². The molecule has 0 heterocycles. The van der Waals surface area contributed by atoms with E-state index in [2.05, 4.69) is 6.92 Å². The van der Waals surface area contributed by atoms with Crippen LogP contribution in [0.3, 0.4) is 0 Å². The summed E-state index contributed by atoms with van der Waals surface area (Å²) in [5.74, 6) is 0.413. The van der Waals surface area contributed by atoms with Crippen LogP contribution in [0.2, 0.25) is 0 Å². The van der Waals surface area contributed by atoms with Crippen LogP contribution in [0.15, 0.2) is 18.2 Å².